The number of nitrogens with zero attached hydrogens (tertiary/aromatic N) is 1. The fourth-order valence-corrected chi connectivity index (χ4v) is 0.678. The summed E-state index contributed by atoms with van der Waals surface area (Å²) in [7, 11) is 0. The molecule has 0 radical (unpaired) electrons. The summed E-state index contributed by atoms with van der Waals surface area (Å²) in [5.41, 5.74) is 0. The highest BCUT2D eigenvalue weighted by atomic mass is 16.7. The first-order valence-electron chi connectivity index (χ1n) is 3.35. The van der Waals surface area contributed by atoms with E-state index in [2.05, 4.69) is 14.5 Å². The van der Waals surface area contributed by atoms with Crippen LogP contribution in [0.3, 0.4) is 0 Å². The van der Waals surface area contributed by atoms with Gasteiger partial charge in [0.05, 0.1) is 6.20 Å². The predicted octanol–water partition coefficient (Wildman–Crippen LogP) is 1.20. The number of hydrogen-bond donors (Lipinski definition) is 2. The molecule has 74 valence electrons. The molecule has 0 spiro atoms. The zero-order chi connectivity index (χ0) is 10.6. The molecule has 0 fully saturated rings. The lowest BCUT2D eigenvalue weighted by Crippen LogP contribution is -2.06. The largest absolute Gasteiger partial charge is 0.512 e. The standard InChI is InChI=1S/C7H5NO6/c9-6(10)13-4-1-2-5(8-3-4)14-7(11)12/h1-3H,(H,9,10)(H,11,12). The Labute approximate surface area is 77.5 Å². The van der Waals surface area contributed by atoms with Gasteiger partial charge in [-0.25, -0.2) is 14.6 Å². The Morgan fingerprint density at radius 3 is 2.21 bits per heavy atom. The predicted molar refractivity (Wildman–Crippen MR) is 41.5 cm³/mol. The van der Waals surface area contributed by atoms with Gasteiger partial charge in [0.1, 0.15) is 0 Å². The van der Waals surface area contributed by atoms with E-state index in [-0.39, 0.29) is 11.6 Å². The molecule has 0 saturated carbocycles. The van der Waals surface area contributed by atoms with Gasteiger partial charge in [0.25, 0.3) is 0 Å². The molecule has 1 heterocycles. The van der Waals surface area contributed by atoms with Crippen molar-refractivity contribution in [3.8, 4) is 11.6 Å². The van der Waals surface area contributed by atoms with Crippen LogP contribution in [0.4, 0.5) is 9.59 Å². The van der Waals surface area contributed by atoms with Crippen LogP contribution in [0.5, 0.6) is 11.6 Å². The molecule has 7 nitrogen and oxygen atoms in total. The summed E-state index contributed by atoms with van der Waals surface area (Å²) in [5, 5.41) is 16.4. The van der Waals surface area contributed by atoms with E-state index in [1.807, 2.05) is 0 Å². The quantitative estimate of drug-likeness (QED) is 0.689. The Morgan fingerprint density at radius 2 is 1.79 bits per heavy atom. The minimum atomic E-state index is -1.50. The van der Waals surface area contributed by atoms with Crippen molar-refractivity contribution in [1.29, 1.82) is 0 Å². The third-order valence-corrected chi connectivity index (χ3v) is 1.11. The maximum Gasteiger partial charge on any atom is 0.512 e. The lowest BCUT2D eigenvalue weighted by atomic mass is 10.4. The molecular weight excluding hydrogens is 194 g/mol. The molecule has 2 N–H and O–H groups in total. The zero-order valence-corrected chi connectivity index (χ0v) is 6.71. The minimum absolute atomic E-state index is 0.0183. The summed E-state index contributed by atoms with van der Waals surface area (Å²) in [6.45, 7) is 0. The number of hydrogen-bond acceptors (Lipinski definition) is 5. The van der Waals surface area contributed by atoms with E-state index in [1.165, 1.54) is 12.1 Å². The highest BCUT2D eigenvalue weighted by Gasteiger charge is 2.04. The fourth-order valence-electron chi connectivity index (χ4n) is 0.678. The highest BCUT2D eigenvalue weighted by molar-refractivity contribution is 5.61. The van der Waals surface area contributed by atoms with E-state index < -0.39 is 12.3 Å². The summed E-state index contributed by atoms with van der Waals surface area (Å²) < 4.78 is 8.40. The van der Waals surface area contributed by atoms with Crippen molar-refractivity contribution in [1.82, 2.24) is 4.98 Å². The summed E-state index contributed by atoms with van der Waals surface area (Å²) >= 11 is 0. The molecule has 0 aliphatic rings. The summed E-state index contributed by atoms with van der Waals surface area (Å²) in [5.74, 6) is -0.175. The maximum absolute atomic E-state index is 10.1. The third-order valence-electron chi connectivity index (χ3n) is 1.11. The maximum atomic E-state index is 10.1. The Kier molecular flexibility index (Phi) is 2.85. The van der Waals surface area contributed by atoms with Crippen LogP contribution in [0.2, 0.25) is 0 Å². The monoisotopic (exact) mass is 199 g/mol. The number of ether oxygens (including phenoxy) is 2. The van der Waals surface area contributed by atoms with E-state index in [1.54, 1.807) is 0 Å². The van der Waals surface area contributed by atoms with Gasteiger partial charge < -0.3 is 19.7 Å². The normalized spacial score (nSPS) is 9.14. The van der Waals surface area contributed by atoms with E-state index in [9.17, 15) is 9.59 Å². The lowest BCUT2D eigenvalue weighted by Gasteiger charge is -2.00. The Balaban J connectivity index is 2.68. The average Bonchev–Trinajstić information content (AvgIpc) is 2.06. The van der Waals surface area contributed by atoms with Crippen LogP contribution < -0.4 is 9.47 Å². The molecule has 0 amide bonds. The van der Waals surface area contributed by atoms with Crippen LogP contribution in [0.1, 0.15) is 0 Å². The first-order valence-corrected chi connectivity index (χ1v) is 3.35. The van der Waals surface area contributed by atoms with Crippen molar-refractivity contribution in [3.05, 3.63) is 18.3 Å². The molecule has 0 bridgehead atoms. The number of aromatic nitrogens is 1. The second-order valence-electron chi connectivity index (χ2n) is 2.07. The molecule has 0 aromatic carbocycles. The molecule has 0 saturated heterocycles. The molecule has 7 heteroatoms. The summed E-state index contributed by atoms with van der Waals surface area (Å²) in [6, 6.07) is 2.39. The third kappa shape index (κ3) is 2.97. The van der Waals surface area contributed by atoms with Gasteiger partial charge in [-0.2, -0.15) is 0 Å². The first kappa shape index (κ1) is 9.78. The molecule has 1 aromatic heterocycles. The number of rotatable bonds is 2. The van der Waals surface area contributed by atoms with Gasteiger partial charge in [-0.3, -0.25) is 0 Å². The van der Waals surface area contributed by atoms with Gasteiger partial charge in [0.15, 0.2) is 5.75 Å². The van der Waals surface area contributed by atoms with E-state index in [4.69, 9.17) is 10.2 Å². The SMILES string of the molecule is O=C(O)Oc1ccc(OC(=O)O)nc1. The Hall–Kier alpha value is -2.31. The first-order chi connectivity index (χ1) is 6.58. The highest BCUT2D eigenvalue weighted by Crippen LogP contribution is 2.13. The molecular formula is C7H5NO6. The second-order valence-corrected chi connectivity index (χ2v) is 2.07. The van der Waals surface area contributed by atoms with Gasteiger partial charge in [0.2, 0.25) is 5.88 Å². The van der Waals surface area contributed by atoms with Crippen LogP contribution in [-0.4, -0.2) is 27.5 Å². The van der Waals surface area contributed by atoms with Crippen LogP contribution in [-0.2, 0) is 0 Å². The van der Waals surface area contributed by atoms with Crippen LogP contribution in [0, 0.1) is 0 Å². The van der Waals surface area contributed by atoms with Gasteiger partial charge >= 0.3 is 12.3 Å². The minimum Gasteiger partial charge on any atom is -0.449 e. The van der Waals surface area contributed by atoms with E-state index in [0.717, 1.165) is 6.20 Å². The number of pyridine rings is 1. The fraction of sp³-hybridized carbons (Fsp3) is 0. The summed E-state index contributed by atoms with van der Waals surface area (Å²) in [4.78, 5) is 23.6. The molecule has 1 rings (SSSR count). The van der Waals surface area contributed by atoms with Crippen molar-refractivity contribution in [2.75, 3.05) is 0 Å². The van der Waals surface area contributed by atoms with Crippen LogP contribution in [0.15, 0.2) is 18.3 Å². The van der Waals surface area contributed by atoms with Crippen molar-refractivity contribution in [2.45, 2.75) is 0 Å². The van der Waals surface area contributed by atoms with Gasteiger partial charge in [-0.05, 0) is 6.07 Å². The molecule has 0 aliphatic heterocycles. The molecule has 0 aliphatic carbocycles. The molecule has 0 atom stereocenters. The molecule has 0 unspecified atom stereocenters. The molecule has 1 aromatic rings. The van der Waals surface area contributed by atoms with E-state index in [0.29, 0.717) is 0 Å². The van der Waals surface area contributed by atoms with Gasteiger partial charge in [-0.1, -0.05) is 0 Å². The average molecular weight is 199 g/mol. The van der Waals surface area contributed by atoms with Crippen LogP contribution in [0.25, 0.3) is 0 Å². The zero-order valence-electron chi connectivity index (χ0n) is 6.71. The van der Waals surface area contributed by atoms with Crippen molar-refractivity contribution in [2.24, 2.45) is 0 Å². The van der Waals surface area contributed by atoms with Gasteiger partial charge in [0, 0.05) is 6.07 Å². The topological polar surface area (TPSA) is 106 Å². The summed E-state index contributed by atoms with van der Waals surface area (Å²) in [6.07, 6.45) is -1.94. The Bertz CT molecular complexity index is 311. The van der Waals surface area contributed by atoms with E-state index >= 15 is 0 Å². The van der Waals surface area contributed by atoms with Gasteiger partial charge in [-0.15, -0.1) is 0 Å². The smallest absolute Gasteiger partial charge is 0.449 e. The number of carboxylic acid groups (broad SMARTS) is 2. The lowest BCUT2D eigenvalue weighted by molar-refractivity contribution is 0.140. The Morgan fingerprint density at radius 1 is 1.14 bits per heavy atom. The van der Waals surface area contributed by atoms with Crippen molar-refractivity contribution in [3.63, 3.8) is 0 Å². The van der Waals surface area contributed by atoms with Crippen LogP contribution >= 0.6 is 0 Å². The molecule has 14 heavy (non-hydrogen) atoms. The van der Waals surface area contributed by atoms with Crippen molar-refractivity contribution >= 4 is 12.3 Å². The number of carbonyl (C=O) groups is 2. The second kappa shape index (κ2) is 4.08. The van der Waals surface area contributed by atoms with Crippen molar-refractivity contribution < 1.29 is 29.3 Å².